The second-order valence-electron chi connectivity index (χ2n) is 8.39. The van der Waals surface area contributed by atoms with Gasteiger partial charge in [0, 0.05) is 19.1 Å². The average Bonchev–Trinajstić information content (AvgIpc) is 3.17. The van der Waals surface area contributed by atoms with E-state index in [9.17, 15) is 13.2 Å². The van der Waals surface area contributed by atoms with Gasteiger partial charge in [-0.1, -0.05) is 25.1 Å². The standard InChI is InChI=1S/C21H29N3O4S2/c1-15-5-7-16(8-6-15)22-20(25)14-29-21-23-18-13-17(9-10-19(18)28-21)30(26,27)24-11-3-2-4-12-24/h9-10,13,15-16H,2-8,11-12,14H2,1H3,(H,22,25). The first-order valence-electron chi connectivity index (χ1n) is 10.7. The van der Waals surface area contributed by atoms with Crippen molar-refractivity contribution in [1.29, 1.82) is 0 Å². The van der Waals surface area contributed by atoms with Crippen molar-refractivity contribution in [1.82, 2.24) is 14.6 Å². The molecule has 2 aromatic rings. The molecule has 0 bridgehead atoms. The van der Waals surface area contributed by atoms with Gasteiger partial charge in [-0.2, -0.15) is 4.31 Å². The Kier molecular flexibility index (Phi) is 6.69. The molecule has 4 rings (SSSR count). The molecule has 30 heavy (non-hydrogen) atoms. The Labute approximate surface area is 182 Å². The molecular formula is C21H29N3O4S2. The second-order valence-corrected chi connectivity index (χ2v) is 11.3. The summed E-state index contributed by atoms with van der Waals surface area (Å²) in [5.74, 6) is 0.962. The van der Waals surface area contributed by atoms with Gasteiger partial charge in [-0.05, 0) is 62.6 Å². The van der Waals surface area contributed by atoms with E-state index in [1.165, 1.54) is 11.8 Å². The van der Waals surface area contributed by atoms with Crippen LogP contribution < -0.4 is 5.32 Å². The third-order valence-electron chi connectivity index (χ3n) is 6.00. The summed E-state index contributed by atoms with van der Waals surface area (Å²) in [7, 11) is -3.51. The minimum Gasteiger partial charge on any atom is -0.431 e. The Hall–Kier alpha value is -1.58. The third kappa shape index (κ3) is 5.00. The Balaban J connectivity index is 1.38. The number of rotatable bonds is 6. The first kappa shape index (κ1) is 21.6. The molecule has 1 aliphatic heterocycles. The predicted molar refractivity (Wildman–Crippen MR) is 117 cm³/mol. The van der Waals surface area contributed by atoms with E-state index in [0.717, 1.165) is 50.9 Å². The fourth-order valence-electron chi connectivity index (χ4n) is 4.16. The number of carbonyl (C=O) groups is 1. The molecule has 0 radical (unpaired) electrons. The van der Waals surface area contributed by atoms with E-state index in [0.29, 0.717) is 29.4 Å². The summed E-state index contributed by atoms with van der Waals surface area (Å²) < 4.78 is 33.0. The summed E-state index contributed by atoms with van der Waals surface area (Å²) >= 11 is 1.24. The minimum absolute atomic E-state index is 0.0184. The van der Waals surface area contributed by atoms with Crippen LogP contribution in [0, 0.1) is 5.92 Å². The molecule has 0 unspecified atom stereocenters. The molecule has 164 valence electrons. The molecular weight excluding hydrogens is 422 g/mol. The van der Waals surface area contributed by atoms with Crippen LogP contribution in [-0.2, 0) is 14.8 Å². The summed E-state index contributed by atoms with van der Waals surface area (Å²) in [4.78, 5) is 16.9. The van der Waals surface area contributed by atoms with E-state index < -0.39 is 10.0 Å². The highest BCUT2D eigenvalue weighted by molar-refractivity contribution is 7.99. The molecule has 7 nitrogen and oxygen atoms in total. The number of carbonyl (C=O) groups excluding carboxylic acids is 1. The maximum absolute atomic E-state index is 12.9. The van der Waals surface area contributed by atoms with Crippen LogP contribution in [0.15, 0.2) is 32.7 Å². The topological polar surface area (TPSA) is 92.5 Å². The quantitative estimate of drug-likeness (QED) is 0.672. The second kappa shape index (κ2) is 9.28. The zero-order valence-corrected chi connectivity index (χ0v) is 18.9. The Morgan fingerprint density at radius 2 is 1.93 bits per heavy atom. The number of nitrogens with zero attached hydrogens (tertiary/aromatic N) is 2. The van der Waals surface area contributed by atoms with Crippen molar-refractivity contribution in [2.24, 2.45) is 5.92 Å². The van der Waals surface area contributed by atoms with Gasteiger partial charge in [0.1, 0.15) is 5.52 Å². The molecule has 1 aromatic carbocycles. The van der Waals surface area contributed by atoms with Crippen LogP contribution in [0.5, 0.6) is 0 Å². The highest BCUT2D eigenvalue weighted by Gasteiger charge is 2.26. The van der Waals surface area contributed by atoms with E-state index >= 15 is 0 Å². The van der Waals surface area contributed by atoms with Gasteiger partial charge < -0.3 is 9.73 Å². The van der Waals surface area contributed by atoms with Gasteiger partial charge in [-0.15, -0.1) is 0 Å². The van der Waals surface area contributed by atoms with Crippen molar-refractivity contribution in [3.8, 4) is 0 Å². The average molecular weight is 452 g/mol. The van der Waals surface area contributed by atoms with Gasteiger partial charge in [0.05, 0.1) is 10.6 Å². The monoisotopic (exact) mass is 451 g/mol. The molecule has 2 aliphatic rings. The van der Waals surface area contributed by atoms with Crippen LogP contribution in [0.3, 0.4) is 0 Å². The van der Waals surface area contributed by atoms with Gasteiger partial charge in [0.15, 0.2) is 5.58 Å². The fraction of sp³-hybridized carbons (Fsp3) is 0.619. The Morgan fingerprint density at radius 1 is 1.20 bits per heavy atom. The van der Waals surface area contributed by atoms with Gasteiger partial charge in [0.2, 0.25) is 15.9 Å². The summed E-state index contributed by atoms with van der Waals surface area (Å²) in [6.45, 7) is 3.38. The number of amides is 1. The molecule has 9 heteroatoms. The van der Waals surface area contributed by atoms with E-state index in [4.69, 9.17) is 4.42 Å². The molecule has 1 N–H and O–H groups in total. The van der Waals surface area contributed by atoms with Crippen molar-refractivity contribution in [2.75, 3.05) is 18.8 Å². The van der Waals surface area contributed by atoms with Crippen molar-refractivity contribution in [3.63, 3.8) is 0 Å². The third-order valence-corrected chi connectivity index (χ3v) is 8.72. The Morgan fingerprint density at radius 3 is 2.67 bits per heavy atom. The minimum atomic E-state index is -3.51. The molecule has 1 amide bonds. The van der Waals surface area contributed by atoms with Gasteiger partial charge >= 0.3 is 0 Å². The van der Waals surface area contributed by atoms with E-state index in [1.54, 1.807) is 22.5 Å². The Bertz CT molecular complexity index is 991. The lowest BCUT2D eigenvalue weighted by Crippen LogP contribution is -2.38. The molecule has 1 aromatic heterocycles. The number of benzene rings is 1. The number of hydrogen-bond acceptors (Lipinski definition) is 6. The lowest BCUT2D eigenvalue weighted by Gasteiger charge is -2.26. The highest BCUT2D eigenvalue weighted by Crippen LogP contribution is 2.28. The summed E-state index contributed by atoms with van der Waals surface area (Å²) in [6.07, 6.45) is 7.26. The number of hydrogen-bond donors (Lipinski definition) is 1. The van der Waals surface area contributed by atoms with Gasteiger partial charge in [-0.25, -0.2) is 13.4 Å². The van der Waals surface area contributed by atoms with Gasteiger partial charge in [0.25, 0.3) is 5.22 Å². The SMILES string of the molecule is CC1CCC(NC(=O)CSc2nc3cc(S(=O)(=O)N4CCCCC4)ccc3o2)CC1. The zero-order chi connectivity index (χ0) is 21.1. The number of sulfonamides is 1. The first-order valence-corrected chi connectivity index (χ1v) is 13.2. The lowest BCUT2D eigenvalue weighted by molar-refractivity contribution is -0.119. The van der Waals surface area contributed by atoms with Crippen molar-refractivity contribution < 1.29 is 17.6 Å². The van der Waals surface area contributed by atoms with Crippen molar-refractivity contribution in [3.05, 3.63) is 18.2 Å². The first-order chi connectivity index (χ1) is 14.4. The number of thioether (sulfide) groups is 1. The van der Waals surface area contributed by atoms with Crippen LogP contribution in [0.2, 0.25) is 0 Å². The molecule has 0 atom stereocenters. The van der Waals surface area contributed by atoms with E-state index in [-0.39, 0.29) is 22.6 Å². The van der Waals surface area contributed by atoms with Gasteiger partial charge in [-0.3, -0.25) is 4.79 Å². The van der Waals surface area contributed by atoms with Crippen LogP contribution in [0.1, 0.15) is 51.9 Å². The summed E-state index contributed by atoms with van der Waals surface area (Å²) in [5, 5.41) is 3.47. The maximum Gasteiger partial charge on any atom is 0.257 e. The number of piperidine rings is 1. The van der Waals surface area contributed by atoms with Crippen LogP contribution in [-0.4, -0.2) is 48.5 Å². The maximum atomic E-state index is 12.9. The number of nitrogens with one attached hydrogen (secondary N) is 1. The summed E-state index contributed by atoms with van der Waals surface area (Å²) in [6, 6.07) is 5.05. The van der Waals surface area contributed by atoms with Crippen LogP contribution in [0.25, 0.3) is 11.1 Å². The molecule has 1 aliphatic carbocycles. The van der Waals surface area contributed by atoms with Crippen LogP contribution in [0.4, 0.5) is 0 Å². The van der Waals surface area contributed by atoms with E-state index in [2.05, 4.69) is 17.2 Å². The molecule has 2 fully saturated rings. The number of aromatic nitrogens is 1. The molecule has 1 saturated carbocycles. The molecule has 2 heterocycles. The van der Waals surface area contributed by atoms with Crippen LogP contribution >= 0.6 is 11.8 Å². The zero-order valence-electron chi connectivity index (χ0n) is 17.3. The molecule has 1 saturated heterocycles. The highest BCUT2D eigenvalue weighted by atomic mass is 32.2. The smallest absolute Gasteiger partial charge is 0.257 e. The molecule has 0 spiro atoms. The largest absolute Gasteiger partial charge is 0.431 e. The fourth-order valence-corrected chi connectivity index (χ4v) is 6.35. The number of fused-ring (bicyclic) bond motifs is 1. The summed E-state index contributed by atoms with van der Waals surface area (Å²) in [5.41, 5.74) is 1.02. The van der Waals surface area contributed by atoms with Crippen molar-refractivity contribution >= 4 is 38.8 Å². The van der Waals surface area contributed by atoms with E-state index in [1.807, 2.05) is 0 Å². The predicted octanol–water partition coefficient (Wildman–Crippen LogP) is 3.79. The van der Waals surface area contributed by atoms with Crippen molar-refractivity contribution in [2.45, 2.75) is 68.0 Å². The lowest BCUT2D eigenvalue weighted by atomic mass is 9.87. The number of oxazole rings is 1. The normalized spacial score (nSPS) is 23.5.